The lowest BCUT2D eigenvalue weighted by atomic mass is 10.1. The number of nitrogens with one attached hydrogen (secondary N) is 1. The maximum Gasteiger partial charge on any atom is 0.257 e. The monoisotopic (exact) mass is 336 g/mol. The molecule has 1 N–H and O–H groups in total. The largest absolute Gasteiger partial charge is 0.355 e. The molecule has 1 atom stereocenters. The average molecular weight is 336 g/mol. The molecule has 7 heteroatoms. The van der Waals surface area contributed by atoms with E-state index >= 15 is 0 Å². The Labute approximate surface area is 145 Å². The molecule has 1 saturated heterocycles. The van der Waals surface area contributed by atoms with Crippen molar-refractivity contribution in [3.8, 4) is 0 Å². The van der Waals surface area contributed by atoms with Gasteiger partial charge in [0.2, 0.25) is 0 Å². The van der Waals surface area contributed by atoms with Gasteiger partial charge in [-0.15, -0.1) is 0 Å². The predicted molar refractivity (Wildman–Crippen MR) is 94.7 cm³/mol. The van der Waals surface area contributed by atoms with E-state index in [-0.39, 0.29) is 11.9 Å². The number of carbonyl (C=O) groups is 1. The van der Waals surface area contributed by atoms with Crippen molar-refractivity contribution in [3.05, 3.63) is 54.1 Å². The maximum absolute atomic E-state index is 12.6. The molecule has 4 heterocycles. The number of hydrogen-bond acceptors (Lipinski definition) is 5. The molecule has 4 rings (SSSR count). The molecule has 0 saturated carbocycles. The maximum atomic E-state index is 12.6. The van der Waals surface area contributed by atoms with Crippen LogP contribution >= 0.6 is 0 Å². The zero-order valence-electron chi connectivity index (χ0n) is 14.1. The fraction of sp³-hybridized carbons (Fsp3) is 0.333. The standard InChI is InChI=1S/C18H20N6O/c1-13-5-2-7-16(21-13)23-9-3-6-14(12-23)22-18(25)15-11-20-24-10-4-8-19-17(15)24/h2,4-5,7-8,10-11,14H,3,6,9,12H2,1H3,(H,22,25)/t14-/m1/s1. The van der Waals surface area contributed by atoms with Gasteiger partial charge in [-0.1, -0.05) is 6.07 Å². The molecule has 1 amide bonds. The van der Waals surface area contributed by atoms with Gasteiger partial charge in [-0.05, 0) is 38.0 Å². The first-order valence-corrected chi connectivity index (χ1v) is 8.48. The van der Waals surface area contributed by atoms with Crippen molar-refractivity contribution in [1.29, 1.82) is 0 Å². The predicted octanol–water partition coefficient (Wildman–Crippen LogP) is 1.83. The van der Waals surface area contributed by atoms with Gasteiger partial charge in [0.05, 0.1) is 6.20 Å². The van der Waals surface area contributed by atoms with Gasteiger partial charge in [0.15, 0.2) is 5.65 Å². The van der Waals surface area contributed by atoms with Crippen molar-refractivity contribution in [2.24, 2.45) is 0 Å². The average Bonchev–Trinajstić information content (AvgIpc) is 3.06. The number of nitrogens with zero attached hydrogens (tertiary/aromatic N) is 5. The highest BCUT2D eigenvalue weighted by Crippen LogP contribution is 2.18. The number of hydrogen-bond donors (Lipinski definition) is 1. The summed E-state index contributed by atoms with van der Waals surface area (Å²) in [7, 11) is 0. The van der Waals surface area contributed by atoms with Crippen LogP contribution in [0, 0.1) is 6.92 Å². The van der Waals surface area contributed by atoms with Gasteiger partial charge in [-0.25, -0.2) is 14.5 Å². The number of aryl methyl sites for hydroxylation is 1. The number of fused-ring (bicyclic) bond motifs is 1. The first-order valence-electron chi connectivity index (χ1n) is 8.48. The Morgan fingerprint density at radius 1 is 1.32 bits per heavy atom. The normalized spacial score (nSPS) is 17.6. The second-order valence-corrected chi connectivity index (χ2v) is 6.34. The van der Waals surface area contributed by atoms with Crippen LogP contribution in [0.4, 0.5) is 5.82 Å². The van der Waals surface area contributed by atoms with Gasteiger partial charge < -0.3 is 10.2 Å². The molecule has 1 fully saturated rings. The minimum Gasteiger partial charge on any atom is -0.355 e. The Morgan fingerprint density at radius 3 is 3.12 bits per heavy atom. The molecule has 0 aromatic carbocycles. The lowest BCUT2D eigenvalue weighted by molar-refractivity contribution is 0.0934. The third-order valence-corrected chi connectivity index (χ3v) is 4.48. The van der Waals surface area contributed by atoms with Gasteiger partial charge in [0.25, 0.3) is 5.91 Å². The zero-order valence-corrected chi connectivity index (χ0v) is 14.1. The van der Waals surface area contributed by atoms with Crippen LogP contribution in [0.25, 0.3) is 5.65 Å². The first kappa shape index (κ1) is 15.6. The van der Waals surface area contributed by atoms with Crippen molar-refractivity contribution in [2.75, 3.05) is 18.0 Å². The van der Waals surface area contributed by atoms with E-state index in [9.17, 15) is 4.79 Å². The van der Waals surface area contributed by atoms with E-state index in [0.717, 1.165) is 37.4 Å². The van der Waals surface area contributed by atoms with Crippen LogP contribution in [0.3, 0.4) is 0 Å². The third-order valence-electron chi connectivity index (χ3n) is 4.48. The highest BCUT2D eigenvalue weighted by molar-refractivity contribution is 5.99. The Bertz CT molecular complexity index is 905. The zero-order chi connectivity index (χ0) is 17.2. The molecule has 25 heavy (non-hydrogen) atoms. The van der Waals surface area contributed by atoms with Crippen LogP contribution in [-0.4, -0.2) is 44.6 Å². The van der Waals surface area contributed by atoms with Crippen LogP contribution in [0.2, 0.25) is 0 Å². The minimum atomic E-state index is -0.127. The van der Waals surface area contributed by atoms with Crippen LogP contribution < -0.4 is 10.2 Å². The van der Waals surface area contributed by atoms with Crippen LogP contribution in [0.1, 0.15) is 28.9 Å². The number of carbonyl (C=O) groups excluding carboxylic acids is 1. The van der Waals surface area contributed by atoms with E-state index < -0.39 is 0 Å². The number of piperidine rings is 1. The fourth-order valence-corrected chi connectivity index (χ4v) is 3.26. The molecular weight excluding hydrogens is 316 g/mol. The van der Waals surface area contributed by atoms with Crippen molar-refractivity contribution >= 4 is 17.4 Å². The molecule has 3 aromatic rings. The summed E-state index contributed by atoms with van der Waals surface area (Å²) in [6, 6.07) is 7.90. The number of anilines is 1. The molecule has 0 radical (unpaired) electrons. The number of rotatable bonds is 3. The second-order valence-electron chi connectivity index (χ2n) is 6.34. The molecule has 7 nitrogen and oxygen atoms in total. The quantitative estimate of drug-likeness (QED) is 0.790. The summed E-state index contributed by atoms with van der Waals surface area (Å²) in [4.78, 5) is 23.7. The Hall–Kier alpha value is -2.96. The SMILES string of the molecule is Cc1cccc(N2CCC[C@@H](NC(=O)c3cnn4cccnc34)C2)n1. The molecule has 1 aliphatic heterocycles. The Morgan fingerprint density at radius 2 is 2.24 bits per heavy atom. The third kappa shape index (κ3) is 3.17. The molecular formula is C18H20N6O. The second kappa shape index (κ2) is 6.51. The molecule has 3 aromatic heterocycles. The topological polar surface area (TPSA) is 75.4 Å². The van der Waals surface area contributed by atoms with Gasteiger partial charge in [0, 0.05) is 37.2 Å². The van der Waals surface area contributed by atoms with Crippen molar-refractivity contribution in [1.82, 2.24) is 24.9 Å². The highest BCUT2D eigenvalue weighted by atomic mass is 16.1. The van der Waals surface area contributed by atoms with Crippen LogP contribution in [0.15, 0.2) is 42.9 Å². The molecule has 0 bridgehead atoms. The van der Waals surface area contributed by atoms with Gasteiger partial charge in [-0.3, -0.25) is 4.79 Å². The van der Waals surface area contributed by atoms with Crippen molar-refractivity contribution < 1.29 is 4.79 Å². The van der Waals surface area contributed by atoms with E-state index in [0.29, 0.717) is 11.2 Å². The molecule has 0 spiro atoms. The summed E-state index contributed by atoms with van der Waals surface area (Å²) in [6.45, 7) is 3.71. The lowest BCUT2D eigenvalue weighted by Crippen LogP contribution is -2.48. The van der Waals surface area contributed by atoms with E-state index in [4.69, 9.17) is 0 Å². The summed E-state index contributed by atoms with van der Waals surface area (Å²) >= 11 is 0. The smallest absolute Gasteiger partial charge is 0.257 e. The number of pyridine rings is 1. The Balaban J connectivity index is 1.48. The van der Waals surface area contributed by atoms with Gasteiger partial charge in [-0.2, -0.15) is 5.10 Å². The van der Waals surface area contributed by atoms with Crippen molar-refractivity contribution in [2.45, 2.75) is 25.8 Å². The number of amides is 1. The fourth-order valence-electron chi connectivity index (χ4n) is 3.26. The summed E-state index contributed by atoms with van der Waals surface area (Å²) < 4.78 is 1.61. The van der Waals surface area contributed by atoms with E-state index in [1.54, 1.807) is 29.2 Å². The van der Waals surface area contributed by atoms with Gasteiger partial charge in [0.1, 0.15) is 11.4 Å². The molecule has 128 valence electrons. The van der Waals surface area contributed by atoms with Crippen LogP contribution in [-0.2, 0) is 0 Å². The molecule has 1 aliphatic rings. The summed E-state index contributed by atoms with van der Waals surface area (Å²) in [5, 5.41) is 7.30. The highest BCUT2D eigenvalue weighted by Gasteiger charge is 2.24. The summed E-state index contributed by atoms with van der Waals surface area (Å²) in [5.41, 5.74) is 2.08. The van der Waals surface area contributed by atoms with Crippen molar-refractivity contribution in [3.63, 3.8) is 0 Å². The molecule has 0 unspecified atom stereocenters. The van der Waals surface area contributed by atoms with Gasteiger partial charge >= 0.3 is 0 Å². The number of aromatic nitrogens is 4. The minimum absolute atomic E-state index is 0.0854. The Kier molecular flexibility index (Phi) is 4.05. The van der Waals surface area contributed by atoms with E-state index in [1.165, 1.54) is 0 Å². The summed E-state index contributed by atoms with van der Waals surface area (Å²) in [6.07, 6.45) is 7.00. The lowest BCUT2D eigenvalue weighted by Gasteiger charge is -2.34. The van der Waals surface area contributed by atoms with Crippen LogP contribution in [0.5, 0.6) is 0 Å². The van der Waals surface area contributed by atoms with E-state index in [1.807, 2.05) is 25.1 Å². The van der Waals surface area contributed by atoms with E-state index in [2.05, 4.69) is 25.3 Å². The summed E-state index contributed by atoms with van der Waals surface area (Å²) in [5.74, 6) is 0.842. The molecule has 0 aliphatic carbocycles. The first-order chi connectivity index (χ1) is 12.2.